The predicted octanol–water partition coefficient (Wildman–Crippen LogP) is 1.98. The maximum atomic E-state index is 11.6. The highest BCUT2D eigenvalue weighted by atomic mass is 16.5. The van der Waals surface area contributed by atoms with Crippen LogP contribution in [0.1, 0.15) is 19.4 Å². The number of esters is 1. The first-order valence-corrected chi connectivity index (χ1v) is 6.03. The van der Waals surface area contributed by atoms with Gasteiger partial charge in [0.05, 0.1) is 14.2 Å². The fourth-order valence-electron chi connectivity index (χ4n) is 1.79. The van der Waals surface area contributed by atoms with Gasteiger partial charge in [-0.05, 0) is 12.0 Å². The first-order valence-electron chi connectivity index (χ1n) is 6.03. The lowest BCUT2D eigenvalue weighted by atomic mass is 10.0. The van der Waals surface area contributed by atoms with Crippen LogP contribution < -0.4 is 10.1 Å². The molecule has 0 saturated heterocycles. The number of ether oxygens (including phenoxy) is 2. The molecule has 0 radical (unpaired) electrons. The van der Waals surface area contributed by atoms with Gasteiger partial charge >= 0.3 is 5.97 Å². The van der Waals surface area contributed by atoms with Crippen LogP contribution in [-0.2, 0) is 16.1 Å². The summed E-state index contributed by atoms with van der Waals surface area (Å²) in [5.74, 6) is 0.754. The summed E-state index contributed by atoms with van der Waals surface area (Å²) in [6.45, 7) is 4.54. The van der Waals surface area contributed by atoms with Crippen LogP contribution in [0.5, 0.6) is 5.75 Å². The molecule has 0 aliphatic rings. The number of carbonyl (C=O) groups excluding carboxylic acids is 1. The van der Waals surface area contributed by atoms with Crippen molar-refractivity contribution in [3.05, 3.63) is 29.8 Å². The first kappa shape index (κ1) is 14.5. The van der Waals surface area contributed by atoms with Crippen LogP contribution in [0.15, 0.2) is 24.3 Å². The molecule has 1 rings (SSSR count). The number of hydrogen-bond donors (Lipinski definition) is 1. The minimum absolute atomic E-state index is 0.173. The molecule has 0 spiro atoms. The normalized spacial score (nSPS) is 12.3. The summed E-state index contributed by atoms with van der Waals surface area (Å²) in [4.78, 5) is 11.6. The van der Waals surface area contributed by atoms with Crippen molar-refractivity contribution < 1.29 is 14.3 Å². The van der Waals surface area contributed by atoms with Crippen LogP contribution >= 0.6 is 0 Å². The van der Waals surface area contributed by atoms with E-state index in [1.54, 1.807) is 7.11 Å². The molecule has 4 nitrogen and oxygen atoms in total. The summed E-state index contributed by atoms with van der Waals surface area (Å²) in [5.41, 5.74) is 1.02. The van der Waals surface area contributed by atoms with Crippen molar-refractivity contribution in [2.75, 3.05) is 14.2 Å². The van der Waals surface area contributed by atoms with Gasteiger partial charge in [0, 0.05) is 12.1 Å². The van der Waals surface area contributed by atoms with Crippen molar-refractivity contribution in [1.82, 2.24) is 5.32 Å². The topological polar surface area (TPSA) is 47.6 Å². The van der Waals surface area contributed by atoms with Gasteiger partial charge in [0.25, 0.3) is 0 Å². The molecule has 1 unspecified atom stereocenters. The van der Waals surface area contributed by atoms with Crippen LogP contribution in [0.3, 0.4) is 0 Å². The fourth-order valence-corrected chi connectivity index (χ4v) is 1.79. The Labute approximate surface area is 108 Å². The van der Waals surface area contributed by atoms with Crippen LogP contribution in [0.25, 0.3) is 0 Å². The van der Waals surface area contributed by atoms with Gasteiger partial charge in [0.1, 0.15) is 11.8 Å². The van der Waals surface area contributed by atoms with E-state index in [1.807, 2.05) is 38.1 Å². The molecule has 0 amide bonds. The second-order valence-electron chi connectivity index (χ2n) is 4.44. The van der Waals surface area contributed by atoms with E-state index in [-0.39, 0.29) is 17.9 Å². The van der Waals surface area contributed by atoms with Gasteiger partial charge in [-0.25, -0.2) is 0 Å². The van der Waals surface area contributed by atoms with Gasteiger partial charge in [0.2, 0.25) is 0 Å². The summed E-state index contributed by atoms with van der Waals surface area (Å²) in [6, 6.07) is 7.44. The third-order valence-corrected chi connectivity index (χ3v) is 2.83. The van der Waals surface area contributed by atoms with E-state index >= 15 is 0 Å². The number of hydrogen-bond acceptors (Lipinski definition) is 4. The maximum absolute atomic E-state index is 11.6. The molecule has 1 N–H and O–H groups in total. The molecule has 0 aliphatic heterocycles. The second kappa shape index (κ2) is 7.01. The van der Waals surface area contributed by atoms with Crippen LogP contribution in [0.4, 0.5) is 0 Å². The molecule has 100 valence electrons. The van der Waals surface area contributed by atoms with E-state index in [2.05, 4.69) is 5.32 Å². The number of para-hydroxylation sites is 1. The minimum Gasteiger partial charge on any atom is -0.496 e. The van der Waals surface area contributed by atoms with E-state index in [0.717, 1.165) is 11.3 Å². The van der Waals surface area contributed by atoms with Crippen molar-refractivity contribution in [3.63, 3.8) is 0 Å². The Balaban J connectivity index is 2.70. The Hall–Kier alpha value is -1.55. The smallest absolute Gasteiger partial charge is 0.323 e. The number of rotatable bonds is 6. The Morgan fingerprint density at radius 3 is 2.50 bits per heavy atom. The SMILES string of the molecule is COC(=O)C(NCc1ccccc1OC)C(C)C. The number of nitrogens with one attached hydrogen (secondary N) is 1. The molecule has 0 fully saturated rings. The van der Waals surface area contributed by atoms with Gasteiger partial charge < -0.3 is 9.47 Å². The molecule has 18 heavy (non-hydrogen) atoms. The molecular formula is C14H21NO3. The number of methoxy groups -OCH3 is 2. The molecule has 0 aromatic heterocycles. The van der Waals surface area contributed by atoms with E-state index in [9.17, 15) is 4.79 Å². The zero-order valence-electron chi connectivity index (χ0n) is 11.4. The monoisotopic (exact) mass is 251 g/mol. The summed E-state index contributed by atoms with van der Waals surface area (Å²) >= 11 is 0. The van der Waals surface area contributed by atoms with E-state index in [1.165, 1.54) is 7.11 Å². The van der Waals surface area contributed by atoms with Gasteiger partial charge in [-0.2, -0.15) is 0 Å². The lowest BCUT2D eigenvalue weighted by Gasteiger charge is -2.20. The second-order valence-corrected chi connectivity index (χ2v) is 4.44. The van der Waals surface area contributed by atoms with Crippen molar-refractivity contribution in [2.45, 2.75) is 26.4 Å². The first-order chi connectivity index (χ1) is 8.60. The Kier molecular flexibility index (Phi) is 5.65. The molecule has 1 aromatic rings. The van der Waals surface area contributed by atoms with Crippen molar-refractivity contribution in [2.24, 2.45) is 5.92 Å². The molecule has 1 atom stereocenters. The molecule has 0 bridgehead atoms. The highest BCUT2D eigenvalue weighted by Gasteiger charge is 2.22. The van der Waals surface area contributed by atoms with E-state index < -0.39 is 0 Å². The summed E-state index contributed by atoms with van der Waals surface area (Å²) < 4.78 is 10.1. The Morgan fingerprint density at radius 1 is 1.28 bits per heavy atom. The molecule has 1 aromatic carbocycles. The Bertz CT molecular complexity index is 390. The third-order valence-electron chi connectivity index (χ3n) is 2.83. The van der Waals surface area contributed by atoms with Gasteiger partial charge in [-0.15, -0.1) is 0 Å². The highest BCUT2D eigenvalue weighted by Crippen LogP contribution is 2.17. The van der Waals surface area contributed by atoms with Crippen molar-refractivity contribution in [3.8, 4) is 5.75 Å². The zero-order valence-corrected chi connectivity index (χ0v) is 11.4. The average molecular weight is 251 g/mol. The zero-order chi connectivity index (χ0) is 13.5. The van der Waals surface area contributed by atoms with Gasteiger partial charge in [-0.1, -0.05) is 32.0 Å². The third kappa shape index (κ3) is 3.74. The largest absolute Gasteiger partial charge is 0.496 e. The Morgan fingerprint density at radius 2 is 1.94 bits per heavy atom. The van der Waals surface area contributed by atoms with Gasteiger partial charge in [-0.3, -0.25) is 10.1 Å². The van der Waals surface area contributed by atoms with Crippen LogP contribution in [0, 0.1) is 5.92 Å². The summed E-state index contributed by atoms with van der Waals surface area (Å²) in [5, 5.41) is 3.21. The average Bonchev–Trinajstić information content (AvgIpc) is 2.38. The molecule has 4 heteroatoms. The molecule has 0 aliphatic carbocycles. The minimum atomic E-state index is -0.306. The van der Waals surface area contributed by atoms with Crippen molar-refractivity contribution >= 4 is 5.97 Å². The maximum Gasteiger partial charge on any atom is 0.323 e. The lowest BCUT2D eigenvalue weighted by Crippen LogP contribution is -2.41. The number of benzene rings is 1. The number of carbonyl (C=O) groups is 1. The summed E-state index contributed by atoms with van der Waals surface area (Å²) in [6.07, 6.45) is 0. The van der Waals surface area contributed by atoms with E-state index in [4.69, 9.17) is 9.47 Å². The van der Waals surface area contributed by atoms with Crippen molar-refractivity contribution in [1.29, 1.82) is 0 Å². The quantitative estimate of drug-likeness (QED) is 0.785. The fraction of sp³-hybridized carbons (Fsp3) is 0.500. The van der Waals surface area contributed by atoms with Crippen LogP contribution in [-0.4, -0.2) is 26.2 Å². The molecule has 0 saturated carbocycles. The summed E-state index contributed by atoms with van der Waals surface area (Å²) in [7, 11) is 3.04. The molecule has 0 heterocycles. The standard InChI is InChI=1S/C14H21NO3/c1-10(2)13(14(16)18-4)15-9-11-7-5-6-8-12(11)17-3/h5-8,10,13,15H,9H2,1-4H3. The lowest BCUT2D eigenvalue weighted by molar-refractivity contribution is -0.144. The highest BCUT2D eigenvalue weighted by molar-refractivity contribution is 5.75. The van der Waals surface area contributed by atoms with Gasteiger partial charge in [0.15, 0.2) is 0 Å². The molecular weight excluding hydrogens is 230 g/mol. The van der Waals surface area contributed by atoms with E-state index in [0.29, 0.717) is 6.54 Å². The van der Waals surface area contributed by atoms with Crippen LogP contribution in [0.2, 0.25) is 0 Å². The predicted molar refractivity (Wildman–Crippen MR) is 70.5 cm³/mol.